The number of carbonyl (C=O) groups is 1. The van der Waals surface area contributed by atoms with E-state index in [9.17, 15) is 4.79 Å². The Morgan fingerprint density at radius 2 is 1.90 bits per heavy atom. The lowest BCUT2D eigenvalue weighted by atomic mass is 10.2. The van der Waals surface area contributed by atoms with Gasteiger partial charge in [-0.1, -0.05) is 5.16 Å². The van der Waals surface area contributed by atoms with Crippen molar-refractivity contribution >= 4 is 12.2 Å². The number of pyridine rings is 1. The predicted molar refractivity (Wildman–Crippen MR) is 74.7 cm³/mol. The highest BCUT2D eigenvalue weighted by molar-refractivity contribution is 5.90. The normalized spacial score (nSPS) is 13.1. The van der Waals surface area contributed by atoms with Crippen LogP contribution in [0.2, 0.25) is 0 Å². The molecule has 106 valence electrons. The van der Waals surface area contributed by atoms with Gasteiger partial charge in [0, 0.05) is 12.4 Å². The lowest BCUT2D eigenvalue weighted by Gasteiger charge is -2.18. The van der Waals surface area contributed by atoms with Crippen molar-refractivity contribution in [3.63, 3.8) is 0 Å². The summed E-state index contributed by atoms with van der Waals surface area (Å²) in [5.74, 6) is 0.601. The van der Waals surface area contributed by atoms with Crippen molar-refractivity contribution in [2.24, 2.45) is 5.16 Å². The van der Waals surface area contributed by atoms with Crippen molar-refractivity contribution < 1.29 is 19.1 Å². The van der Waals surface area contributed by atoms with Gasteiger partial charge in [-0.05, 0) is 35.9 Å². The Hall–Kier alpha value is -2.89. The molecule has 0 fully saturated rings. The van der Waals surface area contributed by atoms with Crippen LogP contribution in [0, 0.1) is 0 Å². The summed E-state index contributed by atoms with van der Waals surface area (Å²) in [5, 5.41) is 3.66. The number of oxime groups is 1. The molecule has 0 N–H and O–H groups in total. The largest absolute Gasteiger partial charge is 0.486 e. The first-order valence-electron chi connectivity index (χ1n) is 6.37. The van der Waals surface area contributed by atoms with Gasteiger partial charge in [-0.3, -0.25) is 4.98 Å². The summed E-state index contributed by atoms with van der Waals surface area (Å²) in [6.45, 7) is 0.971. The van der Waals surface area contributed by atoms with Crippen LogP contribution in [-0.4, -0.2) is 30.4 Å². The number of benzene rings is 1. The van der Waals surface area contributed by atoms with Gasteiger partial charge in [0.25, 0.3) is 0 Å². The second-order valence-corrected chi connectivity index (χ2v) is 4.25. The van der Waals surface area contributed by atoms with Crippen molar-refractivity contribution in [3.8, 4) is 11.5 Å². The summed E-state index contributed by atoms with van der Waals surface area (Å²) in [7, 11) is 0. The molecule has 1 aliphatic heterocycles. The van der Waals surface area contributed by atoms with Gasteiger partial charge in [-0.2, -0.15) is 0 Å². The molecule has 0 saturated carbocycles. The van der Waals surface area contributed by atoms with Gasteiger partial charge in [0.2, 0.25) is 0 Å². The second kappa shape index (κ2) is 6.04. The third-order valence-corrected chi connectivity index (χ3v) is 2.82. The lowest BCUT2D eigenvalue weighted by molar-refractivity contribution is 0.0518. The van der Waals surface area contributed by atoms with E-state index in [2.05, 4.69) is 10.1 Å². The van der Waals surface area contributed by atoms with Crippen LogP contribution in [0.4, 0.5) is 0 Å². The smallest absolute Gasteiger partial charge is 0.365 e. The molecule has 0 atom stereocenters. The fourth-order valence-corrected chi connectivity index (χ4v) is 1.81. The fourth-order valence-electron chi connectivity index (χ4n) is 1.81. The molecule has 0 unspecified atom stereocenters. The van der Waals surface area contributed by atoms with Gasteiger partial charge in [0.1, 0.15) is 13.2 Å². The van der Waals surface area contributed by atoms with Crippen LogP contribution in [0.25, 0.3) is 0 Å². The summed E-state index contributed by atoms with van der Waals surface area (Å²) in [5.41, 5.74) is 1.14. The van der Waals surface area contributed by atoms with Crippen LogP contribution < -0.4 is 9.47 Å². The Labute approximate surface area is 121 Å². The van der Waals surface area contributed by atoms with Crippen LogP contribution in [0.15, 0.2) is 47.9 Å². The van der Waals surface area contributed by atoms with Crippen molar-refractivity contribution in [2.45, 2.75) is 0 Å². The van der Waals surface area contributed by atoms with Crippen molar-refractivity contribution in [1.29, 1.82) is 0 Å². The van der Waals surface area contributed by atoms with Crippen molar-refractivity contribution in [3.05, 3.63) is 53.9 Å². The number of fused-ring (bicyclic) bond motifs is 1. The molecule has 6 heteroatoms. The molecule has 1 aliphatic rings. The van der Waals surface area contributed by atoms with Crippen LogP contribution in [0.3, 0.4) is 0 Å². The van der Waals surface area contributed by atoms with E-state index in [1.54, 1.807) is 42.7 Å². The first kappa shape index (κ1) is 13.1. The van der Waals surface area contributed by atoms with E-state index in [0.29, 0.717) is 30.3 Å². The van der Waals surface area contributed by atoms with Crippen molar-refractivity contribution in [1.82, 2.24) is 4.98 Å². The standard InChI is InChI=1S/C15H12N2O4/c18-15(21-17-10-11-3-5-16-6-4-11)12-1-2-13-14(9-12)20-8-7-19-13/h1-6,9-10H,7-8H2/b17-10-. The zero-order chi connectivity index (χ0) is 14.5. The molecule has 21 heavy (non-hydrogen) atoms. The van der Waals surface area contributed by atoms with E-state index in [0.717, 1.165) is 5.56 Å². The van der Waals surface area contributed by atoms with E-state index >= 15 is 0 Å². The first-order chi connectivity index (χ1) is 10.3. The van der Waals surface area contributed by atoms with Gasteiger partial charge < -0.3 is 14.3 Å². The van der Waals surface area contributed by atoms with Crippen LogP contribution in [0.1, 0.15) is 15.9 Å². The molecular formula is C15H12N2O4. The topological polar surface area (TPSA) is 70.0 Å². The molecule has 2 heterocycles. The molecule has 0 spiro atoms. The van der Waals surface area contributed by atoms with Gasteiger partial charge in [-0.25, -0.2) is 4.79 Å². The highest BCUT2D eigenvalue weighted by Gasteiger charge is 2.15. The minimum absolute atomic E-state index is 0.353. The van der Waals surface area contributed by atoms with E-state index < -0.39 is 5.97 Å². The SMILES string of the molecule is O=C(O/N=C\c1ccncc1)c1ccc2c(c1)OCCO2. The molecule has 2 aromatic rings. The minimum Gasteiger partial charge on any atom is -0.486 e. The maximum atomic E-state index is 11.9. The van der Waals surface area contributed by atoms with E-state index in [1.807, 2.05) is 0 Å². The average Bonchev–Trinajstić information content (AvgIpc) is 2.55. The molecule has 0 saturated heterocycles. The molecule has 0 aliphatic carbocycles. The lowest BCUT2D eigenvalue weighted by Crippen LogP contribution is -2.15. The number of carbonyl (C=O) groups excluding carboxylic acids is 1. The van der Waals surface area contributed by atoms with Crippen LogP contribution in [0.5, 0.6) is 11.5 Å². The minimum atomic E-state index is -0.558. The number of hydrogen-bond donors (Lipinski definition) is 0. The van der Waals surface area contributed by atoms with Gasteiger partial charge in [-0.15, -0.1) is 0 Å². The third kappa shape index (κ3) is 3.17. The van der Waals surface area contributed by atoms with Crippen molar-refractivity contribution in [2.75, 3.05) is 13.2 Å². The Bertz CT molecular complexity index is 671. The molecule has 3 rings (SSSR count). The number of rotatable bonds is 3. The Balaban J connectivity index is 1.67. The Kier molecular flexibility index (Phi) is 3.77. The zero-order valence-electron chi connectivity index (χ0n) is 11.1. The Morgan fingerprint density at radius 3 is 2.71 bits per heavy atom. The number of ether oxygens (including phenoxy) is 2. The third-order valence-electron chi connectivity index (χ3n) is 2.82. The molecule has 0 bridgehead atoms. The summed E-state index contributed by atoms with van der Waals surface area (Å²) in [6, 6.07) is 8.37. The molecule has 1 aromatic carbocycles. The summed E-state index contributed by atoms with van der Waals surface area (Å²) in [6.07, 6.45) is 4.70. The van der Waals surface area contributed by atoms with E-state index in [4.69, 9.17) is 14.3 Å². The van der Waals surface area contributed by atoms with Crippen LogP contribution in [-0.2, 0) is 4.84 Å². The summed E-state index contributed by atoms with van der Waals surface area (Å²) >= 11 is 0. The van der Waals surface area contributed by atoms with E-state index in [1.165, 1.54) is 6.21 Å². The Morgan fingerprint density at radius 1 is 1.14 bits per heavy atom. The van der Waals surface area contributed by atoms with Gasteiger partial charge in [0.05, 0.1) is 11.8 Å². The number of nitrogens with zero attached hydrogens (tertiary/aromatic N) is 2. The quantitative estimate of drug-likeness (QED) is 0.490. The summed E-state index contributed by atoms with van der Waals surface area (Å²) in [4.78, 5) is 20.6. The molecular weight excluding hydrogens is 272 g/mol. The van der Waals surface area contributed by atoms with E-state index in [-0.39, 0.29) is 0 Å². The number of hydrogen-bond acceptors (Lipinski definition) is 6. The molecule has 1 aromatic heterocycles. The summed E-state index contributed by atoms with van der Waals surface area (Å²) < 4.78 is 10.8. The maximum absolute atomic E-state index is 11.9. The number of aromatic nitrogens is 1. The second-order valence-electron chi connectivity index (χ2n) is 4.25. The highest BCUT2D eigenvalue weighted by atomic mass is 16.7. The fraction of sp³-hybridized carbons (Fsp3) is 0.133. The molecule has 0 amide bonds. The van der Waals surface area contributed by atoms with Crippen LogP contribution >= 0.6 is 0 Å². The monoisotopic (exact) mass is 284 g/mol. The van der Waals surface area contributed by atoms with Gasteiger partial charge >= 0.3 is 5.97 Å². The van der Waals surface area contributed by atoms with Gasteiger partial charge in [0.15, 0.2) is 11.5 Å². The molecule has 0 radical (unpaired) electrons. The predicted octanol–water partition coefficient (Wildman–Crippen LogP) is 2.04. The maximum Gasteiger partial charge on any atom is 0.365 e. The average molecular weight is 284 g/mol. The molecule has 6 nitrogen and oxygen atoms in total. The highest BCUT2D eigenvalue weighted by Crippen LogP contribution is 2.30. The zero-order valence-corrected chi connectivity index (χ0v) is 11.1. The first-order valence-corrected chi connectivity index (χ1v) is 6.37.